The van der Waals surface area contributed by atoms with Crippen molar-refractivity contribution in [3.63, 3.8) is 0 Å². The first kappa shape index (κ1) is 22.7. The zero-order valence-corrected chi connectivity index (χ0v) is 19.3. The topological polar surface area (TPSA) is 76.9 Å². The highest BCUT2D eigenvalue weighted by molar-refractivity contribution is 8.00. The Hall–Kier alpha value is -3.52. The summed E-state index contributed by atoms with van der Waals surface area (Å²) in [5, 5.41) is 3.26. The Labute approximate surface area is 194 Å². The summed E-state index contributed by atoms with van der Waals surface area (Å²) in [4.78, 5) is 35.3. The van der Waals surface area contributed by atoms with E-state index in [1.54, 1.807) is 43.5 Å². The van der Waals surface area contributed by atoms with E-state index in [0.29, 0.717) is 21.9 Å². The smallest absolute Gasteiger partial charge is 0.267 e. The number of benzene rings is 2. The third kappa shape index (κ3) is 4.96. The molecule has 4 aromatic rings. The van der Waals surface area contributed by atoms with E-state index in [1.807, 2.05) is 32.0 Å². The van der Waals surface area contributed by atoms with Crippen molar-refractivity contribution in [3.05, 3.63) is 94.2 Å². The van der Waals surface area contributed by atoms with Crippen molar-refractivity contribution in [3.8, 4) is 5.82 Å². The van der Waals surface area contributed by atoms with E-state index in [2.05, 4.69) is 15.3 Å². The fraction of sp³-hybridized carbons (Fsp3) is 0.200. The first-order valence-electron chi connectivity index (χ1n) is 10.5. The SMILES string of the molecule is Cc1ccnc(-n2c(SC(C)C(=O)NC(C)c3ccc(F)cc3)nc3ccccc3c2=O)c1. The van der Waals surface area contributed by atoms with Gasteiger partial charge in [0.2, 0.25) is 5.91 Å². The van der Waals surface area contributed by atoms with Crippen molar-refractivity contribution in [1.82, 2.24) is 19.9 Å². The van der Waals surface area contributed by atoms with Crippen molar-refractivity contribution in [2.24, 2.45) is 0 Å². The molecule has 0 saturated carbocycles. The first-order chi connectivity index (χ1) is 15.8. The maximum Gasteiger partial charge on any atom is 0.267 e. The van der Waals surface area contributed by atoms with E-state index in [1.165, 1.54) is 28.5 Å². The van der Waals surface area contributed by atoms with Gasteiger partial charge in [-0.15, -0.1) is 0 Å². The first-order valence-corrected chi connectivity index (χ1v) is 11.4. The normalized spacial score (nSPS) is 13.0. The summed E-state index contributed by atoms with van der Waals surface area (Å²) in [5.74, 6) is -0.0951. The Morgan fingerprint density at radius 3 is 2.55 bits per heavy atom. The van der Waals surface area contributed by atoms with Gasteiger partial charge in [-0.25, -0.2) is 18.9 Å². The van der Waals surface area contributed by atoms with Gasteiger partial charge in [-0.2, -0.15) is 0 Å². The minimum atomic E-state index is -0.544. The minimum absolute atomic E-state index is 0.219. The number of aromatic nitrogens is 3. The summed E-state index contributed by atoms with van der Waals surface area (Å²) in [6, 6.07) is 16.5. The number of halogens is 1. The summed E-state index contributed by atoms with van der Waals surface area (Å²) < 4.78 is 14.7. The quantitative estimate of drug-likeness (QED) is 0.335. The number of thioether (sulfide) groups is 1. The Morgan fingerprint density at radius 2 is 1.82 bits per heavy atom. The minimum Gasteiger partial charge on any atom is -0.349 e. The van der Waals surface area contributed by atoms with Gasteiger partial charge >= 0.3 is 0 Å². The van der Waals surface area contributed by atoms with Gasteiger partial charge in [-0.3, -0.25) is 9.59 Å². The molecule has 0 fully saturated rings. The second-order valence-corrected chi connectivity index (χ2v) is 9.09. The molecule has 2 heterocycles. The van der Waals surface area contributed by atoms with Crippen LogP contribution >= 0.6 is 11.8 Å². The maximum absolute atomic E-state index is 13.3. The molecule has 168 valence electrons. The predicted molar refractivity (Wildman–Crippen MR) is 128 cm³/mol. The number of aryl methyl sites for hydroxylation is 1. The predicted octanol–water partition coefficient (Wildman–Crippen LogP) is 4.59. The third-order valence-electron chi connectivity index (χ3n) is 5.26. The molecule has 0 saturated heterocycles. The van der Waals surface area contributed by atoms with Crippen LogP contribution in [0, 0.1) is 12.7 Å². The number of carbonyl (C=O) groups is 1. The van der Waals surface area contributed by atoms with Crippen molar-refractivity contribution in [1.29, 1.82) is 0 Å². The summed E-state index contributed by atoms with van der Waals surface area (Å²) in [5.41, 5.74) is 2.07. The molecule has 2 aromatic carbocycles. The van der Waals surface area contributed by atoms with Gasteiger partial charge in [0.25, 0.3) is 5.56 Å². The number of nitrogens with one attached hydrogen (secondary N) is 1. The second kappa shape index (κ2) is 9.54. The number of hydrogen-bond donors (Lipinski definition) is 1. The summed E-state index contributed by atoms with van der Waals surface area (Å²) in [6.45, 7) is 5.51. The second-order valence-electron chi connectivity index (χ2n) is 7.79. The van der Waals surface area contributed by atoms with E-state index in [-0.39, 0.29) is 23.3 Å². The van der Waals surface area contributed by atoms with Crippen LogP contribution in [0.25, 0.3) is 16.7 Å². The number of pyridine rings is 1. The van der Waals surface area contributed by atoms with Gasteiger partial charge in [0, 0.05) is 6.20 Å². The van der Waals surface area contributed by atoms with Crippen molar-refractivity contribution >= 4 is 28.6 Å². The molecule has 0 aliphatic heterocycles. The summed E-state index contributed by atoms with van der Waals surface area (Å²) in [7, 11) is 0. The molecule has 0 bridgehead atoms. The van der Waals surface area contributed by atoms with Crippen molar-refractivity contribution in [2.45, 2.75) is 37.2 Å². The van der Waals surface area contributed by atoms with E-state index in [4.69, 9.17) is 0 Å². The monoisotopic (exact) mass is 462 g/mol. The zero-order chi connectivity index (χ0) is 23.5. The van der Waals surface area contributed by atoms with Crippen molar-refractivity contribution < 1.29 is 9.18 Å². The number of amides is 1. The number of nitrogens with zero attached hydrogens (tertiary/aromatic N) is 3. The largest absolute Gasteiger partial charge is 0.349 e. The Kier molecular flexibility index (Phi) is 6.55. The maximum atomic E-state index is 13.3. The molecule has 0 spiro atoms. The molecule has 2 unspecified atom stereocenters. The molecule has 8 heteroatoms. The highest BCUT2D eigenvalue weighted by atomic mass is 32.2. The van der Waals surface area contributed by atoms with Crippen LogP contribution < -0.4 is 10.9 Å². The van der Waals surface area contributed by atoms with E-state index in [0.717, 1.165) is 11.1 Å². The van der Waals surface area contributed by atoms with Gasteiger partial charge in [0.1, 0.15) is 11.6 Å². The molecular weight excluding hydrogens is 439 g/mol. The third-order valence-corrected chi connectivity index (χ3v) is 6.31. The molecule has 1 N–H and O–H groups in total. The molecule has 2 atom stereocenters. The van der Waals surface area contributed by atoms with Crippen LogP contribution in [0.4, 0.5) is 4.39 Å². The lowest BCUT2D eigenvalue weighted by Gasteiger charge is -2.19. The molecule has 0 aliphatic carbocycles. The van der Waals surface area contributed by atoms with E-state index in [9.17, 15) is 14.0 Å². The zero-order valence-electron chi connectivity index (χ0n) is 18.4. The standard InChI is InChI=1S/C25H23FN4O2S/c1-15-12-13-27-22(14-15)30-24(32)20-6-4-5-7-21(20)29-25(30)33-17(3)23(31)28-16(2)18-8-10-19(26)11-9-18/h4-14,16-17H,1-3H3,(H,28,31). The van der Waals surface area contributed by atoms with Crippen LogP contribution in [-0.4, -0.2) is 25.7 Å². The van der Waals surface area contributed by atoms with Gasteiger partial charge in [0.05, 0.1) is 22.2 Å². The van der Waals surface area contributed by atoms with Crippen molar-refractivity contribution in [2.75, 3.05) is 0 Å². The Morgan fingerprint density at radius 1 is 1.09 bits per heavy atom. The number of fused-ring (bicyclic) bond motifs is 1. The Balaban J connectivity index is 1.65. The van der Waals surface area contributed by atoms with Gasteiger partial charge in [0.15, 0.2) is 5.16 Å². The number of hydrogen-bond acceptors (Lipinski definition) is 5. The van der Waals surface area contributed by atoms with E-state index < -0.39 is 5.25 Å². The molecule has 0 radical (unpaired) electrons. The lowest BCUT2D eigenvalue weighted by Crippen LogP contribution is -2.33. The van der Waals surface area contributed by atoms with Gasteiger partial charge < -0.3 is 5.32 Å². The Bertz CT molecular complexity index is 1370. The van der Waals surface area contributed by atoms with Gasteiger partial charge in [-0.05, 0) is 68.3 Å². The van der Waals surface area contributed by atoms with Crippen LogP contribution in [0.2, 0.25) is 0 Å². The van der Waals surface area contributed by atoms with Gasteiger partial charge in [-0.1, -0.05) is 36.0 Å². The molecular formula is C25H23FN4O2S. The number of para-hydroxylation sites is 1. The lowest BCUT2D eigenvalue weighted by atomic mass is 10.1. The average Bonchev–Trinajstić information content (AvgIpc) is 2.79. The van der Waals surface area contributed by atoms with Crippen LogP contribution in [0.3, 0.4) is 0 Å². The number of carbonyl (C=O) groups excluding carboxylic acids is 1. The molecule has 2 aromatic heterocycles. The van der Waals surface area contributed by atoms with Crippen LogP contribution in [0.15, 0.2) is 76.8 Å². The molecule has 6 nitrogen and oxygen atoms in total. The van der Waals surface area contributed by atoms with E-state index >= 15 is 0 Å². The fourth-order valence-electron chi connectivity index (χ4n) is 3.41. The molecule has 1 amide bonds. The lowest BCUT2D eigenvalue weighted by molar-refractivity contribution is -0.120. The molecule has 4 rings (SSSR count). The summed E-state index contributed by atoms with van der Waals surface area (Å²) in [6.07, 6.45) is 1.64. The highest BCUT2D eigenvalue weighted by Crippen LogP contribution is 2.25. The van der Waals surface area contributed by atoms with Crippen LogP contribution in [-0.2, 0) is 4.79 Å². The number of rotatable bonds is 6. The summed E-state index contributed by atoms with van der Waals surface area (Å²) >= 11 is 1.19. The fourth-order valence-corrected chi connectivity index (χ4v) is 4.34. The molecule has 0 aliphatic rings. The molecule has 33 heavy (non-hydrogen) atoms. The average molecular weight is 463 g/mol. The van der Waals surface area contributed by atoms with Crippen LogP contribution in [0.5, 0.6) is 0 Å². The van der Waals surface area contributed by atoms with Crippen LogP contribution in [0.1, 0.15) is 31.0 Å². The highest BCUT2D eigenvalue weighted by Gasteiger charge is 2.22.